The Morgan fingerprint density at radius 1 is 0.460 bits per heavy atom. The first-order chi connectivity index (χ1) is 24.6. The Labute approximate surface area is 308 Å². The van der Waals surface area contributed by atoms with Crippen LogP contribution in [0.4, 0.5) is 0 Å². The number of benzene rings is 2. The smallest absolute Gasteiger partial charge is 0.343 e. The van der Waals surface area contributed by atoms with E-state index >= 15 is 0 Å². The van der Waals surface area contributed by atoms with Crippen LogP contribution in [0.5, 0.6) is 11.5 Å². The monoisotopic (exact) mass is 693 g/mol. The highest BCUT2D eigenvalue weighted by Gasteiger charge is 2.11. The van der Waals surface area contributed by atoms with E-state index in [9.17, 15) is 4.79 Å². The van der Waals surface area contributed by atoms with Crippen molar-refractivity contribution in [2.75, 3.05) is 13.2 Å². The quantitative estimate of drug-likeness (QED) is 0.0416. The van der Waals surface area contributed by atoms with Gasteiger partial charge in [-0.25, -0.2) is 4.79 Å². The maximum atomic E-state index is 12.7. The Morgan fingerprint density at radius 2 is 0.820 bits per heavy atom. The average molecular weight is 693 g/mol. The summed E-state index contributed by atoms with van der Waals surface area (Å²) in [5.41, 5.74) is 1.62. The van der Waals surface area contributed by atoms with Crippen molar-refractivity contribution in [2.45, 2.75) is 200 Å². The predicted octanol–water partition coefficient (Wildman–Crippen LogP) is 14.9. The van der Waals surface area contributed by atoms with Crippen molar-refractivity contribution in [3.63, 3.8) is 0 Å². The molecule has 2 aromatic rings. The van der Waals surface area contributed by atoms with Crippen molar-refractivity contribution < 1.29 is 19.0 Å². The highest BCUT2D eigenvalue weighted by atomic mass is 16.5. The van der Waals surface area contributed by atoms with Crippen LogP contribution in [0.3, 0.4) is 0 Å². The van der Waals surface area contributed by atoms with Crippen LogP contribution in [-0.2, 0) is 4.74 Å². The molecule has 0 aliphatic carbocycles. The lowest BCUT2D eigenvalue weighted by molar-refractivity contribution is 0.0627. The summed E-state index contributed by atoms with van der Waals surface area (Å²) in [4.78, 5) is 12.7. The molecular weight excluding hydrogens is 617 g/mol. The van der Waals surface area contributed by atoms with E-state index in [2.05, 4.69) is 20.8 Å². The minimum absolute atomic E-state index is 0.0220. The van der Waals surface area contributed by atoms with Crippen LogP contribution in [0.15, 0.2) is 48.5 Å². The topological polar surface area (TPSA) is 44.8 Å². The standard InChI is InChI=1S/C46H76O4/c1-4-6-8-10-12-14-16-17-18-19-20-22-23-25-27-29-39-48-41(3)42-31-37-45(38-32-42)50-46(47)43-33-35-44(36-34-43)49-40-30-28-26-24-21-15-13-11-9-7-5-2/h31-38,41H,4-30,39-40H2,1-3H3. The van der Waals surface area contributed by atoms with Crippen molar-refractivity contribution in [1.29, 1.82) is 0 Å². The van der Waals surface area contributed by atoms with Crippen LogP contribution in [0.25, 0.3) is 0 Å². The fourth-order valence-corrected chi connectivity index (χ4v) is 6.62. The lowest BCUT2D eigenvalue weighted by Gasteiger charge is -2.14. The van der Waals surface area contributed by atoms with Gasteiger partial charge in [0.1, 0.15) is 11.5 Å². The van der Waals surface area contributed by atoms with E-state index in [-0.39, 0.29) is 12.1 Å². The number of hydrogen-bond donors (Lipinski definition) is 0. The normalized spacial score (nSPS) is 11.9. The molecule has 0 saturated carbocycles. The molecule has 0 amide bonds. The summed E-state index contributed by atoms with van der Waals surface area (Å²) in [7, 11) is 0. The van der Waals surface area contributed by atoms with Gasteiger partial charge in [-0.15, -0.1) is 0 Å². The van der Waals surface area contributed by atoms with Crippen LogP contribution in [0.1, 0.15) is 216 Å². The lowest BCUT2D eigenvalue weighted by atomic mass is 10.0. The minimum atomic E-state index is -0.359. The zero-order valence-corrected chi connectivity index (χ0v) is 32.8. The van der Waals surface area contributed by atoms with Crippen LogP contribution in [-0.4, -0.2) is 19.2 Å². The highest BCUT2D eigenvalue weighted by Crippen LogP contribution is 2.23. The van der Waals surface area contributed by atoms with E-state index in [0.29, 0.717) is 11.3 Å². The summed E-state index contributed by atoms with van der Waals surface area (Å²) in [5, 5.41) is 0. The van der Waals surface area contributed by atoms with Gasteiger partial charge in [-0.3, -0.25) is 0 Å². The van der Waals surface area contributed by atoms with E-state index in [1.54, 1.807) is 12.1 Å². The van der Waals surface area contributed by atoms with Gasteiger partial charge in [-0.1, -0.05) is 187 Å². The molecule has 0 heterocycles. The molecular formula is C46H76O4. The van der Waals surface area contributed by atoms with Crippen LogP contribution in [0, 0.1) is 0 Å². The second kappa shape index (κ2) is 31.4. The SMILES string of the molecule is CCCCCCCCCCCCCCCCCCOC(C)c1ccc(OC(=O)c2ccc(OCCCCCCCCCCCCC)cc2)cc1. The van der Waals surface area contributed by atoms with Gasteiger partial charge in [0.25, 0.3) is 0 Å². The predicted molar refractivity (Wildman–Crippen MR) is 214 cm³/mol. The van der Waals surface area contributed by atoms with Crippen molar-refractivity contribution in [2.24, 2.45) is 0 Å². The number of rotatable bonds is 34. The largest absolute Gasteiger partial charge is 0.494 e. The zero-order chi connectivity index (χ0) is 35.7. The van der Waals surface area contributed by atoms with Gasteiger partial charge in [0, 0.05) is 6.61 Å². The molecule has 0 radical (unpaired) electrons. The summed E-state index contributed by atoms with van der Waals surface area (Å²) in [6, 6.07) is 15.0. The molecule has 0 aromatic heterocycles. The average Bonchev–Trinajstić information content (AvgIpc) is 3.13. The summed E-state index contributed by atoms with van der Waals surface area (Å²) in [6.45, 7) is 8.16. The molecule has 0 spiro atoms. The van der Waals surface area contributed by atoms with Crippen molar-refractivity contribution >= 4 is 5.97 Å². The number of unbranched alkanes of at least 4 members (excludes halogenated alkanes) is 25. The summed E-state index contributed by atoms with van der Waals surface area (Å²) >= 11 is 0. The molecule has 2 rings (SSSR count). The van der Waals surface area contributed by atoms with Gasteiger partial charge in [-0.2, -0.15) is 0 Å². The Bertz CT molecular complexity index is 1030. The molecule has 0 aliphatic rings. The summed E-state index contributed by atoms with van der Waals surface area (Å²) < 4.78 is 17.6. The second-order valence-corrected chi connectivity index (χ2v) is 14.7. The summed E-state index contributed by atoms with van der Waals surface area (Å²) in [6.07, 6.45) is 36.6. The van der Waals surface area contributed by atoms with Crippen LogP contribution in [0.2, 0.25) is 0 Å². The molecule has 1 atom stereocenters. The molecule has 0 bridgehead atoms. The van der Waals surface area contributed by atoms with E-state index in [4.69, 9.17) is 14.2 Å². The Kier molecular flexibility index (Phi) is 27.5. The highest BCUT2D eigenvalue weighted by molar-refractivity contribution is 5.91. The van der Waals surface area contributed by atoms with Gasteiger partial charge >= 0.3 is 5.97 Å². The lowest BCUT2D eigenvalue weighted by Crippen LogP contribution is -2.09. The van der Waals surface area contributed by atoms with Crippen molar-refractivity contribution in [3.05, 3.63) is 59.7 Å². The molecule has 0 fully saturated rings. The maximum Gasteiger partial charge on any atom is 0.343 e. The Balaban J connectivity index is 1.46. The first-order valence-electron chi connectivity index (χ1n) is 21.3. The zero-order valence-electron chi connectivity index (χ0n) is 32.8. The van der Waals surface area contributed by atoms with E-state index in [1.807, 2.05) is 36.4 Å². The van der Waals surface area contributed by atoms with Gasteiger partial charge in [0.2, 0.25) is 0 Å². The minimum Gasteiger partial charge on any atom is -0.494 e. The molecule has 2 aromatic carbocycles. The third-order valence-electron chi connectivity index (χ3n) is 10.0. The van der Waals surface area contributed by atoms with Crippen LogP contribution >= 0.6 is 0 Å². The number of esters is 1. The number of hydrogen-bond acceptors (Lipinski definition) is 4. The van der Waals surface area contributed by atoms with Crippen molar-refractivity contribution in [1.82, 2.24) is 0 Å². The Morgan fingerprint density at radius 3 is 1.24 bits per heavy atom. The molecule has 4 nitrogen and oxygen atoms in total. The second-order valence-electron chi connectivity index (χ2n) is 14.7. The molecule has 0 N–H and O–H groups in total. The summed E-state index contributed by atoms with van der Waals surface area (Å²) in [5.74, 6) is 0.981. The molecule has 4 heteroatoms. The fraction of sp³-hybridized carbons (Fsp3) is 0.717. The fourth-order valence-electron chi connectivity index (χ4n) is 6.62. The molecule has 0 saturated heterocycles. The number of carbonyl (C=O) groups excluding carboxylic acids is 1. The van der Waals surface area contributed by atoms with Gasteiger partial charge in [0.15, 0.2) is 0 Å². The van der Waals surface area contributed by atoms with Gasteiger partial charge in [-0.05, 0) is 61.7 Å². The number of ether oxygens (including phenoxy) is 3. The first-order valence-corrected chi connectivity index (χ1v) is 21.3. The van der Waals surface area contributed by atoms with Gasteiger partial charge in [0.05, 0.1) is 18.3 Å². The first kappa shape index (κ1) is 43.8. The third-order valence-corrected chi connectivity index (χ3v) is 10.0. The number of carbonyl (C=O) groups is 1. The molecule has 50 heavy (non-hydrogen) atoms. The Hall–Kier alpha value is -2.33. The third kappa shape index (κ3) is 23.2. The molecule has 1 unspecified atom stereocenters. The maximum absolute atomic E-state index is 12.7. The van der Waals surface area contributed by atoms with Crippen LogP contribution < -0.4 is 9.47 Å². The van der Waals surface area contributed by atoms with Gasteiger partial charge < -0.3 is 14.2 Å². The van der Waals surface area contributed by atoms with E-state index in [0.717, 1.165) is 37.4 Å². The van der Waals surface area contributed by atoms with Crippen molar-refractivity contribution in [3.8, 4) is 11.5 Å². The molecule has 0 aliphatic heterocycles. The van der Waals surface area contributed by atoms with E-state index in [1.165, 1.54) is 161 Å². The van der Waals surface area contributed by atoms with E-state index < -0.39 is 0 Å². The molecule has 284 valence electrons.